The summed E-state index contributed by atoms with van der Waals surface area (Å²) < 4.78 is 0. The minimum atomic E-state index is -0.709. The second-order valence-electron chi connectivity index (χ2n) is 5.08. The van der Waals surface area contributed by atoms with Crippen LogP contribution < -0.4 is 4.90 Å². The van der Waals surface area contributed by atoms with Crippen LogP contribution in [0.15, 0.2) is 24.3 Å². The average molecular weight is 264 g/mol. The van der Waals surface area contributed by atoms with Crippen molar-refractivity contribution in [2.45, 2.75) is 25.7 Å². The molecule has 1 spiro atoms. The third-order valence-electron chi connectivity index (χ3n) is 4.09. The van der Waals surface area contributed by atoms with Crippen LogP contribution in [0.2, 0.25) is 5.02 Å². The Morgan fingerprint density at radius 2 is 1.67 bits per heavy atom. The van der Waals surface area contributed by atoms with E-state index in [4.69, 9.17) is 11.6 Å². The quantitative estimate of drug-likeness (QED) is 0.731. The number of Topliss-reactive ketones (excluding diaryl/α,β-unsaturated/α-hetero) is 1. The topological polar surface area (TPSA) is 37.4 Å². The molecule has 1 saturated carbocycles. The zero-order valence-corrected chi connectivity index (χ0v) is 10.7. The van der Waals surface area contributed by atoms with Crippen molar-refractivity contribution in [2.75, 3.05) is 11.4 Å². The normalized spacial score (nSPS) is 22.2. The van der Waals surface area contributed by atoms with Gasteiger partial charge in [0.15, 0.2) is 5.78 Å². The van der Waals surface area contributed by atoms with E-state index in [0.29, 0.717) is 5.02 Å². The van der Waals surface area contributed by atoms with Gasteiger partial charge < -0.3 is 4.90 Å². The van der Waals surface area contributed by atoms with Crippen LogP contribution in [0, 0.1) is 5.41 Å². The van der Waals surface area contributed by atoms with Crippen molar-refractivity contribution in [2.24, 2.45) is 5.41 Å². The monoisotopic (exact) mass is 263 g/mol. The van der Waals surface area contributed by atoms with E-state index in [1.165, 1.54) is 0 Å². The van der Waals surface area contributed by atoms with Gasteiger partial charge in [0.05, 0.1) is 6.54 Å². The molecule has 94 valence electrons. The fourth-order valence-electron chi connectivity index (χ4n) is 3.05. The molecule has 18 heavy (non-hydrogen) atoms. The van der Waals surface area contributed by atoms with Gasteiger partial charge in [0.1, 0.15) is 5.41 Å². The Kier molecular flexibility index (Phi) is 2.67. The summed E-state index contributed by atoms with van der Waals surface area (Å²) >= 11 is 5.83. The molecule has 3 nitrogen and oxygen atoms in total. The van der Waals surface area contributed by atoms with E-state index in [2.05, 4.69) is 0 Å². The van der Waals surface area contributed by atoms with Crippen LogP contribution in [0.1, 0.15) is 25.7 Å². The van der Waals surface area contributed by atoms with Gasteiger partial charge in [0.25, 0.3) is 0 Å². The molecule has 1 aromatic rings. The van der Waals surface area contributed by atoms with Gasteiger partial charge >= 0.3 is 0 Å². The van der Waals surface area contributed by atoms with Crippen molar-refractivity contribution in [3.63, 3.8) is 0 Å². The van der Waals surface area contributed by atoms with E-state index in [1.54, 1.807) is 29.2 Å². The van der Waals surface area contributed by atoms with Crippen LogP contribution in [0.5, 0.6) is 0 Å². The summed E-state index contributed by atoms with van der Waals surface area (Å²) in [6.07, 6.45) is 3.39. The van der Waals surface area contributed by atoms with E-state index < -0.39 is 5.41 Å². The van der Waals surface area contributed by atoms with E-state index >= 15 is 0 Å². The molecule has 1 aliphatic carbocycles. The smallest absolute Gasteiger partial charge is 0.241 e. The Hall–Kier alpha value is -1.35. The molecule has 0 unspecified atom stereocenters. The lowest BCUT2D eigenvalue weighted by atomic mass is 9.83. The molecule has 2 aliphatic rings. The molecular formula is C14H14ClNO2. The summed E-state index contributed by atoms with van der Waals surface area (Å²) in [7, 11) is 0. The number of rotatable bonds is 1. The molecule has 0 N–H and O–H groups in total. The van der Waals surface area contributed by atoms with Crippen LogP contribution in [0.25, 0.3) is 0 Å². The highest BCUT2D eigenvalue weighted by Crippen LogP contribution is 2.45. The summed E-state index contributed by atoms with van der Waals surface area (Å²) in [5.74, 6) is 0.0623. The minimum absolute atomic E-state index is 0.0210. The van der Waals surface area contributed by atoms with Crippen LogP contribution in [0.4, 0.5) is 5.69 Å². The number of nitrogens with zero attached hydrogens (tertiary/aromatic N) is 1. The lowest BCUT2D eigenvalue weighted by molar-refractivity contribution is -0.134. The SMILES string of the molecule is O=C1CN(c2ccc(Cl)cc2)C(=O)C12CCCC2. The number of benzene rings is 1. The predicted octanol–water partition coefficient (Wildman–Crippen LogP) is 2.82. The molecule has 1 heterocycles. The minimum Gasteiger partial charge on any atom is -0.304 e. The molecule has 0 radical (unpaired) electrons. The number of halogens is 1. The Morgan fingerprint density at radius 1 is 1.06 bits per heavy atom. The molecule has 1 saturated heterocycles. The van der Waals surface area contributed by atoms with Gasteiger partial charge in [-0.1, -0.05) is 24.4 Å². The van der Waals surface area contributed by atoms with Crippen LogP contribution in [-0.2, 0) is 9.59 Å². The number of carbonyl (C=O) groups excluding carboxylic acids is 2. The van der Waals surface area contributed by atoms with Gasteiger partial charge in [0.2, 0.25) is 5.91 Å². The lowest BCUT2D eigenvalue weighted by Gasteiger charge is -2.20. The molecule has 4 heteroatoms. The van der Waals surface area contributed by atoms with Crippen LogP contribution in [-0.4, -0.2) is 18.2 Å². The fraction of sp³-hybridized carbons (Fsp3) is 0.429. The average Bonchev–Trinajstić information content (AvgIpc) is 2.94. The summed E-state index contributed by atoms with van der Waals surface area (Å²) in [5.41, 5.74) is 0.0566. The van der Waals surface area contributed by atoms with E-state index in [9.17, 15) is 9.59 Å². The molecular weight excluding hydrogens is 250 g/mol. The highest BCUT2D eigenvalue weighted by Gasteiger charge is 2.55. The van der Waals surface area contributed by atoms with E-state index in [0.717, 1.165) is 31.4 Å². The first-order valence-electron chi connectivity index (χ1n) is 6.24. The Labute approximate surface area is 111 Å². The van der Waals surface area contributed by atoms with E-state index in [1.807, 2.05) is 0 Å². The summed E-state index contributed by atoms with van der Waals surface area (Å²) in [6, 6.07) is 7.07. The van der Waals surface area contributed by atoms with Gasteiger partial charge in [-0.05, 0) is 37.1 Å². The van der Waals surface area contributed by atoms with Crippen molar-refractivity contribution < 1.29 is 9.59 Å². The first-order valence-corrected chi connectivity index (χ1v) is 6.62. The van der Waals surface area contributed by atoms with Gasteiger partial charge in [-0.15, -0.1) is 0 Å². The van der Waals surface area contributed by atoms with Crippen molar-refractivity contribution in [3.05, 3.63) is 29.3 Å². The van der Waals surface area contributed by atoms with Gasteiger partial charge in [0, 0.05) is 10.7 Å². The van der Waals surface area contributed by atoms with Gasteiger partial charge in [-0.3, -0.25) is 9.59 Å². The molecule has 0 bridgehead atoms. The zero-order chi connectivity index (χ0) is 12.8. The molecule has 1 aliphatic heterocycles. The summed E-state index contributed by atoms with van der Waals surface area (Å²) in [4.78, 5) is 26.3. The van der Waals surface area contributed by atoms with Gasteiger partial charge in [-0.25, -0.2) is 0 Å². The fourth-order valence-corrected chi connectivity index (χ4v) is 3.17. The highest BCUT2D eigenvalue weighted by atomic mass is 35.5. The maximum atomic E-state index is 12.5. The van der Waals surface area contributed by atoms with Crippen molar-refractivity contribution in [1.29, 1.82) is 0 Å². The zero-order valence-electron chi connectivity index (χ0n) is 9.99. The molecule has 2 fully saturated rings. The predicted molar refractivity (Wildman–Crippen MR) is 69.7 cm³/mol. The number of hydrogen-bond donors (Lipinski definition) is 0. The number of hydrogen-bond acceptors (Lipinski definition) is 2. The third-order valence-corrected chi connectivity index (χ3v) is 4.34. The number of anilines is 1. The van der Waals surface area contributed by atoms with Gasteiger partial charge in [-0.2, -0.15) is 0 Å². The molecule has 0 atom stereocenters. The second kappa shape index (κ2) is 4.09. The first kappa shape index (κ1) is 11.7. The number of carbonyl (C=O) groups is 2. The largest absolute Gasteiger partial charge is 0.304 e. The van der Waals surface area contributed by atoms with Crippen LogP contribution >= 0.6 is 11.6 Å². The molecule has 1 amide bonds. The molecule has 1 aromatic carbocycles. The summed E-state index contributed by atoms with van der Waals surface area (Å²) in [6.45, 7) is 0.209. The number of ketones is 1. The van der Waals surface area contributed by atoms with Crippen molar-refractivity contribution >= 4 is 29.0 Å². The Morgan fingerprint density at radius 3 is 2.28 bits per heavy atom. The second-order valence-corrected chi connectivity index (χ2v) is 5.52. The Balaban J connectivity index is 1.94. The number of amides is 1. The highest BCUT2D eigenvalue weighted by molar-refractivity contribution is 6.30. The molecule has 0 aromatic heterocycles. The first-order chi connectivity index (χ1) is 8.63. The standard InChI is InChI=1S/C14H14ClNO2/c15-10-3-5-11(6-4-10)16-9-12(17)14(13(16)18)7-1-2-8-14/h3-6H,1-2,7-9H2. The molecule has 3 rings (SSSR count). The third kappa shape index (κ3) is 1.57. The van der Waals surface area contributed by atoms with E-state index in [-0.39, 0.29) is 18.2 Å². The maximum absolute atomic E-state index is 12.5. The lowest BCUT2D eigenvalue weighted by Crippen LogP contribution is -2.34. The Bertz CT molecular complexity index is 503. The summed E-state index contributed by atoms with van der Waals surface area (Å²) in [5, 5.41) is 0.632. The van der Waals surface area contributed by atoms with Crippen LogP contribution in [0.3, 0.4) is 0 Å². The maximum Gasteiger partial charge on any atom is 0.241 e. The van der Waals surface area contributed by atoms with Crippen molar-refractivity contribution in [1.82, 2.24) is 0 Å². The van der Waals surface area contributed by atoms with Crippen molar-refractivity contribution in [3.8, 4) is 0 Å².